The molecule has 1 aromatic rings. The lowest BCUT2D eigenvalue weighted by Crippen LogP contribution is -2.47. The van der Waals surface area contributed by atoms with E-state index in [4.69, 9.17) is 10.5 Å². The zero-order valence-corrected chi connectivity index (χ0v) is 14.3. The van der Waals surface area contributed by atoms with Gasteiger partial charge in [0.25, 0.3) is 5.92 Å². The minimum Gasteiger partial charge on any atom is -0.385 e. The third kappa shape index (κ3) is 3.34. The van der Waals surface area contributed by atoms with Crippen LogP contribution >= 0.6 is 0 Å². The van der Waals surface area contributed by atoms with Gasteiger partial charge in [-0.1, -0.05) is 19.8 Å². The van der Waals surface area contributed by atoms with Crippen LogP contribution in [0.5, 0.6) is 0 Å². The number of aliphatic imine (C=N–C) groups is 1. The third-order valence-electron chi connectivity index (χ3n) is 5.12. The molecule has 1 fully saturated rings. The van der Waals surface area contributed by atoms with Crippen molar-refractivity contribution in [1.82, 2.24) is 0 Å². The number of hydrogen-bond acceptors (Lipinski definition) is 4. The van der Waals surface area contributed by atoms with Crippen LogP contribution in [0.25, 0.3) is 0 Å². The van der Waals surface area contributed by atoms with Crippen molar-refractivity contribution in [3.05, 3.63) is 29.6 Å². The summed E-state index contributed by atoms with van der Waals surface area (Å²) >= 11 is 0. The first-order valence-corrected chi connectivity index (χ1v) is 8.74. The third-order valence-corrected chi connectivity index (χ3v) is 5.12. The average Bonchev–Trinajstić information content (AvgIpc) is 3.03. The van der Waals surface area contributed by atoms with E-state index in [9.17, 15) is 13.2 Å². The quantitative estimate of drug-likeness (QED) is 0.863. The van der Waals surface area contributed by atoms with Crippen molar-refractivity contribution < 1.29 is 17.9 Å². The first kappa shape index (κ1) is 18.0. The van der Waals surface area contributed by atoms with Crippen LogP contribution in [0.3, 0.4) is 0 Å². The van der Waals surface area contributed by atoms with Gasteiger partial charge in [-0.05, 0) is 37.5 Å². The summed E-state index contributed by atoms with van der Waals surface area (Å²) in [5, 5.41) is 3.32. The van der Waals surface area contributed by atoms with Gasteiger partial charge in [-0.2, -0.15) is 0 Å². The number of nitrogens with two attached hydrogens (primary N) is 1. The molecule has 1 aliphatic carbocycles. The molecule has 3 N–H and O–H groups in total. The molecular formula is C18H24F3N3O. The Balaban J connectivity index is 2.05. The van der Waals surface area contributed by atoms with E-state index in [-0.39, 0.29) is 24.4 Å². The Hall–Kier alpha value is -1.76. The van der Waals surface area contributed by atoms with Gasteiger partial charge in [0, 0.05) is 17.3 Å². The standard InChI is InChI=1S/C18H24F3N3O/c1-2-17(18(20,21)11-25-10-16(22)24-17)14-9-13(7-8-15(14)19)23-12-5-3-4-6-12/h7-9,12,23H,2-6,10-11H2,1H3,(H2,22,24)/t17-/m1/s1. The van der Waals surface area contributed by atoms with Crippen LogP contribution in [-0.2, 0) is 10.3 Å². The second kappa shape index (κ2) is 6.86. The van der Waals surface area contributed by atoms with Crippen LogP contribution in [0.2, 0.25) is 0 Å². The molecule has 1 heterocycles. The zero-order valence-electron chi connectivity index (χ0n) is 14.3. The van der Waals surface area contributed by atoms with Crippen molar-refractivity contribution in [1.29, 1.82) is 0 Å². The number of ether oxygens (including phenoxy) is 1. The van der Waals surface area contributed by atoms with Gasteiger partial charge in [-0.3, -0.25) is 4.99 Å². The van der Waals surface area contributed by atoms with Crippen LogP contribution < -0.4 is 11.1 Å². The van der Waals surface area contributed by atoms with Crippen LogP contribution in [0, 0.1) is 5.82 Å². The minimum atomic E-state index is -3.37. The second-order valence-corrected chi connectivity index (χ2v) is 6.83. The zero-order chi connectivity index (χ0) is 18.1. The van der Waals surface area contributed by atoms with Crippen LogP contribution in [-0.4, -0.2) is 31.0 Å². The summed E-state index contributed by atoms with van der Waals surface area (Å²) in [4.78, 5) is 4.03. The van der Waals surface area contributed by atoms with Gasteiger partial charge in [0.1, 0.15) is 24.9 Å². The number of rotatable bonds is 4. The van der Waals surface area contributed by atoms with Crippen LogP contribution in [0.15, 0.2) is 23.2 Å². The van der Waals surface area contributed by atoms with Gasteiger partial charge in [0.05, 0.1) is 0 Å². The Morgan fingerprint density at radius 3 is 2.72 bits per heavy atom. The molecular weight excluding hydrogens is 331 g/mol. The smallest absolute Gasteiger partial charge is 0.299 e. The molecule has 1 atom stereocenters. The van der Waals surface area contributed by atoms with Crippen LogP contribution in [0.1, 0.15) is 44.6 Å². The number of nitrogens with zero attached hydrogens (tertiary/aromatic N) is 1. The lowest BCUT2D eigenvalue weighted by molar-refractivity contribution is -0.123. The Bertz CT molecular complexity index is 659. The van der Waals surface area contributed by atoms with Crippen molar-refractivity contribution >= 4 is 11.5 Å². The molecule has 0 radical (unpaired) electrons. The molecule has 0 saturated heterocycles. The maximum atomic E-state index is 14.9. The molecule has 0 unspecified atom stereocenters. The molecule has 0 spiro atoms. The predicted octanol–water partition coefficient (Wildman–Crippen LogP) is 3.81. The van der Waals surface area contributed by atoms with Gasteiger partial charge in [0.15, 0.2) is 5.54 Å². The van der Waals surface area contributed by atoms with Crippen molar-refractivity contribution in [2.75, 3.05) is 18.5 Å². The topological polar surface area (TPSA) is 59.6 Å². The molecule has 3 rings (SSSR count). The fourth-order valence-electron chi connectivity index (χ4n) is 3.79. The van der Waals surface area contributed by atoms with Crippen LogP contribution in [0.4, 0.5) is 18.9 Å². The predicted molar refractivity (Wildman–Crippen MR) is 91.6 cm³/mol. The molecule has 0 bridgehead atoms. The van der Waals surface area contributed by atoms with Gasteiger partial charge in [0.2, 0.25) is 0 Å². The molecule has 1 aliphatic heterocycles. The summed E-state index contributed by atoms with van der Waals surface area (Å²) in [5.41, 5.74) is 4.14. The number of hydrogen-bond donors (Lipinski definition) is 2. The van der Waals surface area contributed by atoms with E-state index < -0.39 is 23.9 Å². The molecule has 138 valence electrons. The second-order valence-electron chi connectivity index (χ2n) is 6.83. The molecule has 2 aliphatic rings. The van der Waals surface area contributed by atoms with Gasteiger partial charge in [-0.15, -0.1) is 0 Å². The van der Waals surface area contributed by atoms with Gasteiger partial charge in [-0.25, -0.2) is 13.2 Å². The maximum Gasteiger partial charge on any atom is 0.299 e. The van der Waals surface area contributed by atoms with E-state index in [0.29, 0.717) is 11.7 Å². The summed E-state index contributed by atoms with van der Waals surface area (Å²) in [7, 11) is 0. The summed E-state index contributed by atoms with van der Waals surface area (Å²) in [6.07, 6.45) is 4.25. The van der Waals surface area contributed by atoms with Crippen molar-refractivity contribution in [2.45, 2.75) is 56.5 Å². The molecule has 0 amide bonds. The Morgan fingerprint density at radius 1 is 1.32 bits per heavy atom. The van der Waals surface area contributed by atoms with Gasteiger partial charge >= 0.3 is 0 Å². The number of nitrogens with one attached hydrogen (secondary N) is 1. The molecule has 4 nitrogen and oxygen atoms in total. The van der Waals surface area contributed by atoms with E-state index in [1.165, 1.54) is 12.1 Å². The SMILES string of the molecule is CC[C@]1(c2cc(NC3CCCC3)ccc2F)N=C(N)COCC1(F)F. The van der Waals surface area contributed by atoms with E-state index in [1.54, 1.807) is 13.0 Å². The average molecular weight is 355 g/mol. The Labute approximate surface area is 145 Å². The highest BCUT2D eigenvalue weighted by Crippen LogP contribution is 2.46. The molecule has 1 saturated carbocycles. The highest BCUT2D eigenvalue weighted by molar-refractivity contribution is 5.82. The molecule has 1 aromatic carbocycles. The van der Waals surface area contributed by atoms with E-state index in [1.807, 2.05) is 0 Å². The van der Waals surface area contributed by atoms with E-state index in [2.05, 4.69) is 10.3 Å². The maximum absolute atomic E-state index is 14.9. The number of anilines is 1. The fraction of sp³-hybridized carbons (Fsp3) is 0.611. The Kier molecular flexibility index (Phi) is 4.95. The normalized spacial score (nSPS) is 27.0. The molecule has 0 aromatic heterocycles. The van der Waals surface area contributed by atoms with Crippen molar-refractivity contribution in [3.63, 3.8) is 0 Å². The van der Waals surface area contributed by atoms with Crippen molar-refractivity contribution in [2.24, 2.45) is 10.7 Å². The summed E-state index contributed by atoms with van der Waals surface area (Å²) in [6.45, 7) is 0.538. The van der Waals surface area contributed by atoms with E-state index >= 15 is 0 Å². The molecule has 7 heteroatoms. The summed E-state index contributed by atoms with van der Waals surface area (Å²) in [6, 6.07) is 4.55. The number of benzene rings is 1. The number of amidine groups is 1. The lowest BCUT2D eigenvalue weighted by Gasteiger charge is -2.36. The summed E-state index contributed by atoms with van der Waals surface area (Å²) in [5.74, 6) is -4.13. The minimum absolute atomic E-state index is 0.0485. The summed E-state index contributed by atoms with van der Waals surface area (Å²) < 4.78 is 49.3. The number of halogens is 3. The first-order valence-electron chi connectivity index (χ1n) is 8.74. The largest absolute Gasteiger partial charge is 0.385 e. The first-order chi connectivity index (χ1) is 11.9. The van der Waals surface area contributed by atoms with E-state index in [0.717, 1.165) is 25.7 Å². The van der Waals surface area contributed by atoms with Gasteiger partial charge < -0.3 is 15.8 Å². The highest BCUT2D eigenvalue weighted by atomic mass is 19.3. The monoisotopic (exact) mass is 355 g/mol. The molecule has 25 heavy (non-hydrogen) atoms. The highest BCUT2D eigenvalue weighted by Gasteiger charge is 2.56. The van der Waals surface area contributed by atoms with Crippen molar-refractivity contribution in [3.8, 4) is 0 Å². The Morgan fingerprint density at radius 2 is 2.04 bits per heavy atom. The lowest BCUT2D eigenvalue weighted by atomic mass is 9.81. The number of alkyl halides is 2. The fourth-order valence-corrected chi connectivity index (χ4v) is 3.79.